The lowest BCUT2D eigenvalue weighted by Crippen LogP contribution is -2.40. The molecule has 7 nitrogen and oxygen atoms in total. The van der Waals surface area contributed by atoms with Gasteiger partial charge in [0.25, 0.3) is 11.9 Å². The number of aryl methyl sites for hydroxylation is 1. The van der Waals surface area contributed by atoms with E-state index in [2.05, 4.69) is 15.3 Å². The lowest BCUT2D eigenvalue weighted by Gasteiger charge is -2.27. The summed E-state index contributed by atoms with van der Waals surface area (Å²) in [5.41, 5.74) is 3.32. The Morgan fingerprint density at radius 1 is 1.15 bits per heavy atom. The number of amides is 1. The summed E-state index contributed by atoms with van der Waals surface area (Å²) in [7, 11) is 0. The first-order chi connectivity index (χ1) is 13.2. The van der Waals surface area contributed by atoms with E-state index in [4.69, 9.17) is 9.15 Å². The molecule has 0 aliphatic carbocycles. The molecule has 27 heavy (non-hydrogen) atoms. The van der Waals surface area contributed by atoms with Crippen molar-refractivity contribution in [2.45, 2.75) is 6.92 Å². The molecule has 0 spiro atoms. The molecule has 7 heteroatoms. The largest absolute Gasteiger partial charge is 0.423 e. The van der Waals surface area contributed by atoms with Crippen LogP contribution in [0.25, 0.3) is 11.3 Å². The van der Waals surface area contributed by atoms with Crippen molar-refractivity contribution in [2.75, 3.05) is 31.6 Å². The number of nitrogens with one attached hydrogen (secondary N) is 1. The Morgan fingerprint density at radius 2 is 1.93 bits per heavy atom. The summed E-state index contributed by atoms with van der Waals surface area (Å²) in [6.45, 7) is 4.36. The summed E-state index contributed by atoms with van der Waals surface area (Å²) in [5.74, 6) is 0.657. The normalized spacial score (nSPS) is 14.2. The van der Waals surface area contributed by atoms with Crippen LogP contribution in [0, 0.1) is 6.92 Å². The first-order valence-corrected chi connectivity index (χ1v) is 8.81. The highest BCUT2D eigenvalue weighted by Gasteiger charge is 2.19. The number of hydrogen-bond acceptors (Lipinski definition) is 6. The second-order valence-electron chi connectivity index (χ2n) is 6.32. The fraction of sp³-hybridized carbons (Fsp3) is 0.250. The molecular formula is C20H20N4O3. The smallest absolute Gasteiger partial charge is 0.299 e. The van der Waals surface area contributed by atoms with Crippen LogP contribution < -0.4 is 5.32 Å². The summed E-state index contributed by atoms with van der Waals surface area (Å²) in [6.07, 6.45) is 5.07. The number of oxazole rings is 1. The van der Waals surface area contributed by atoms with Gasteiger partial charge in [0.15, 0.2) is 5.76 Å². The van der Waals surface area contributed by atoms with Gasteiger partial charge in [0.05, 0.1) is 19.4 Å². The fourth-order valence-corrected chi connectivity index (χ4v) is 2.94. The molecule has 3 aromatic rings. The molecule has 1 aliphatic heterocycles. The van der Waals surface area contributed by atoms with E-state index in [0.29, 0.717) is 43.6 Å². The van der Waals surface area contributed by atoms with E-state index < -0.39 is 0 Å². The van der Waals surface area contributed by atoms with Crippen LogP contribution in [0.5, 0.6) is 0 Å². The summed E-state index contributed by atoms with van der Waals surface area (Å²) >= 11 is 0. The van der Waals surface area contributed by atoms with Crippen LogP contribution in [-0.2, 0) is 4.74 Å². The number of benzene rings is 1. The highest BCUT2D eigenvalue weighted by Crippen LogP contribution is 2.26. The van der Waals surface area contributed by atoms with Crippen molar-refractivity contribution in [1.82, 2.24) is 14.9 Å². The number of carbonyl (C=O) groups excluding carboxylic acids is 1. The predicted octanol–water partition coefficient (Wildman–Crippen LogP) is 3.26. The quantitative estimate of drug-likeness (QED) is 0.765. The number of rotatable bonds is 4. The molecule has 1 aromatic carbocycles. The van der Waals surface area contributed by atoms with Gasteiger partial charge < -0.3 is 19.4 Å². The minimum absolute atomic E-state index is 0.00577. The van der Waals surface area contributed by atoms with Gasteiger partial charge in [-0.3, -0.25) is 9.78 Å². The van der Waals surface area contributed by atoms with Crippen LogP contribution in [0.2, 0.25) is 0 Å². The zero-order chi connectivity index (χ0) is 18.6. The van der Waals surface area contributed by atoms with Crippen molar-refractivity contribution < 1.29 is 13.9 Å². The van der Waals surface area contributed by atoms with Crippen LogP contribution in [0.1, 0.15) is 15.9 Å². The SMILES string of the molecule is Cc1ccc(C(=O)N2CCOCC2)cc1Nc1ncc(-c2ccncc2)o1. The Hall–Kier alpha value is -3.19. The molecule has 1 N–H and O–H groups in total. The molecule has 1 amide bonds. The monoisotopic (exact) mass is 364 g/mol. The maximum atomic E-state index is 12.7. The van der Waals surface area contributed by atoms with Crippen molar-refractivity contribution in [3.8, 4) is 11.3 Å². The maximum Gasteiger partial charge on any atom is 0.299 e. The van der Waals surface area contributed by atoms with Crippen LogP contribution in [0.3, 0.4) is 0 Å². The third-order valence-electron chi connectivity index (χ3n) is 4.49. The molecule has 2 aromatic heterocycles. The fourth-order valence-electron chi connectivity index (χ4n) is 2.94. The molecule has 138 valence electrons. The van der Waals surface area contributed by atoms with Gasteiger partial charge in [-0.15, -0.1) is 0 Å². The number of pyridine rings is 1. The maximum absolute atomic E-state index is 12.7. The number of carbonyl (C=O) groups is 1. The minimum Gasteiger partial charge on any atom is -0.423 e. The Morgan fingerprint density at radius 3 is 2.70 bits per heavy atom. The molecule has 0 atom stereocenters. The average Bonchev–Trinajstić information content (AvgIpc) is 3.19. The van der Waals surface area contributed by atoms with Gasteiger partial charge in [0.1, 0.15) is 0 Å². The zero-order valence-corrected chi connectivity index (χ0v) is 15.0. The molecule has 0 unspecified atom stereocenters. The number of hydrogen-bond donors (Lipinski definition) is 1. The number of anilines is 2. The highest BCUT2D eigenvalue weighted by molar-refractivity contribution is 5.95. The molecule has 1 fully saturated rings. The summed E-state index contributed by atoms with van der Waals surface area (Å²) in [5, 5.41) is 3.17. The van der Waals surface area contributed by atoms with Gasteiger partial charge in [-0.2, -0.15) is 0 Å². The van der Waals surface area contributed by atoms with E-state index in [0.717, 1.165) is 16.8 Å². The number of ether oxygens (including phenoxy) is 1. The first-order valence-electron chi connectivity index (χ1n) is 8.81. The lowest BCUT2D eigenvalue weighted by molar-refractivity contribution is 0.0303. The van der Waals surface area contributed by atoms with Crippen molar-refractivity contribution >= 4 is 17.6 Å². The lowest BCUT2D eigenvalue weighted by atomic mass is 10.1. The van der Waals surface area contributed by atoms with Gasteiger partial charge in [-0.1, -0.05) is 6.07 Å². The number of aromatic nitrogens is 2. The van der Waals surface area contributed by atoms with Crippen LogP contribution >= 0.6 is 0 Å². The molecule has 0 bridgehead atoms. The standard InChI is InChI=1S/C20H20N4O3/c1-14-2-3-16(19(25)24-8-10-26-11-9-24)12-17(14)23-20-22-13-18(27-20)15-4-6-21-7-5-15/h2-7,12-13H,8-11H2,1H3,(H,22,23). The topological polar surface area (TPSA) is 80.5 Å². The van der Waals surface area contributed by atoms with E-state index in [1.165, 1.54) is 0 Å². The van der Waals surface area contributed by atoms with E-state index in [-0.39, 0.29) is 5.91 Å². The van der Waals surface area contributed by atoms with Crippen LogP contribution in [-0.4, -0.2) is 47.1 Å². The molecule has 0 radical (unpaired) electrons. The third-order valence-corrected chi connectivity index (χ3v) is 4.49. The second-order valence-corrected chi connectivity index (χ2v) is 6.32. The minimum atomic E-state index is 0.00577. The van der Waals surface area contributed by atoms with Gasteiger partial charge in [0.2, 0.25) is 0 Å². The van der Waals surface area contributed by atoms with Crippen molar-refractivity contribution in [1.29, 1.82) is 0 Å². The van der Waals surface area contributed by atoms with Crippen LogP contribution in [0.4, 0.5) is 11.7 Å². The van der Waals surface area contributed by atoms with Gasteiger partial charge in [-0.05, 0) is 36.8 Å². The molecule has 1 aliphatic rings. The Labute approximate surface area is 157 Å². The van der Waals surface area contributed by atoms with E-state index in [1.807, 2.05) is 42.2 Å². The van der Waals surface area contributed by atoms with Crippen LogP contribution in [0.15, 0.2) is 53.3 Å². The van der Waals surface area contributed by atoms with E-state index in [1.54, 1.807) is 18.6 Å². The summed E-state index contributed by atoms with van der Waals surface area (Å²) < 4.78 is 11.1. The van der Waals surface area contributed by atoms with Crippen molar-refractivity contribution in [3.63, 3.8) is 0 Å². The molecule has 4 rings (SSSR count). The van der Waals surface area contributed by atoms with Gasteiger partial charge in [0, 0.05) is 42.3 Å². The van der Waals surface area contributed by atoms with E-state index in [9.17, 15) is 4.79 Å². The molecule has 3 heterocycles. The van der Waals surface area contributed by atoms with Crippen molar-refractivity contribution in [3.05, 3.63) is 60.0 Å². The Bertz CT molecular complexity index is 933. The van der Waals surface area contributed by atoms with Gasteiger partial charge >= 0.3 is 0 Å². The molecular weight excluding hydrogens is 344 g/mol. The van der Waals surface area contributed by atoms with E-state index >= 15 is 0 Å². The molecule has 0 saturated carbocycles. The van der Waals surface area contributed by atoms with Crippen molar-refractivity contribution in [2.24, 2.45) is 0 Å². The average molecular weight is 364 g/mol. The number of nitrogens with zero attached hydrogens (tertiary/aromatic N) is 3. The predicted molar refractivity (Wildman–Crippen MR) is 101 cm³/mol. The number of morpholine rings is 1. The highest BCUT2D eigenvalue weighted by atomic mass is 16.5. The molecule has 1 saturated heterocycles. The second kappa shape index (κ2) is 7.59. The van der Waals surface area contributed by atoms with Gasteiger partial charge in [-0.25, -0.2) is 4.98 Å². The Kier molecular flexibility index (Phi) is 4.84. The first kappa shape index (κ1) is 17.2. The summed E-state index contributed by atoms with van der Waals surface area (Å²) in [6, 6.07) is 9.69. The Balaban J connectivity index is 1.54. The third kappa shape index (κ3) is 3.83. The zero-order valence-electron chi connectivity index (χ0n) is 15.0. The summed E-state index contributed by atoms with van der Waals surface area (Å²) in [4.78, 5) is 22.8.